The third-order valence-electron chi connectivity index (χ3n) is 5.03. The fraction of sp³-hybridized carbons (Fsp3) is 0.591. The lowest BCUT2D eigenvalue weighted by molar-refractivity contribution is -0.604. The SMILES string of the molecule is CCCCCCCCCC[C@H](CC)c1[nH]cc[n+]1-c1ccccc1. The first-order valence-corrected chi connectivity index (χ1v) is 10.0. The summed E-state index contributed by atoms with van der Waals surface area (Å²) in [6, 6.07) is 10.7. The number of aromatic amines is 1. The van der Waals surface area contributed by atoms with Crippen LogP contribution in [0.1, 0.15) is 89.8 Å². The van der Waals surface area contributed by atoms with Crippen molar-refractivity contribution in [1.29, 1.82) is 0 Å². The van der Waals surface area contributed by atoms with Gasteiger partial charge in [0.25, 0.3) is 5.82 Å². The number of rotatable bonds is 12. The van der Waals surface area contributed by atoms with Crippen LogP contribution in [0.2, 0.25) is 0 Å². The zero-order valence-electron chi connectivity index (χ0n) is 15.6. The Morgan fingerprint density at radius 1 is 0.875 bits per heavy atom. The molecule has 1 atom stereocenters. The van der Waals surface area contributed by atoms with Crippen LogP contribution in [-0.4, -0.2) is 4.98 Å². The fourth-order valence-electron chi connectivity index (χ4n) is 3.53. The monoisotopic (exact) mass is 327 g/mol. The molecular formula is C22H35N2+. The molecule has 24 heavy (non-hydrogen) atoms. The molecular weight excluding hydrogens is 292 g/mol. The van der Waals surface area contributed by atoms with Gasteiger partial charge in [-0.15, -0.1) is 0 Å². The molecule has 2 aromatic rings. The molecule has 1 N–H and O–H groups in total. The van der Waals surface area contributed by atoms with E-state index in [1.807, 2.05) is 0 Å². The molecule has 0 aliphatic heterocycles. The summed E-state index contributed by atoms with van der Waals surface area (Å²) in [6.07, 6.45) is 17.9. The molecule has 0 saturated carbocycles. The molecule has 0 amide bonds. The van der Waals surface area contributed by atoms with Crippen LogP contribution in [0.5, 0.6) is 0 Å². The molecule has 0 bridgehead atoms. The number of imidazole rings is 1. The molecule has 0 saturated heterocycles. The summed E-state index contributed by atoms with van der Waals surface area (Å²) in [5.74, 6) is 1.98. The van der Waals surface area contributed by atoms with E-state index in [9.17, 15) is 0 Å². The Labute approximate surface area is 148 Å². The number of aromatic nitrogens is 2. The zero-order valence-corrected chi connectivity index (χ0v) is 15.6. The Balaban J connectivity index is 1.79. The number of para-hydroxylation sites is 1. The van der Waals surface area contributed by atoms with E-state index in [-0.39, 0.29) is 0 Å². The van der Waals surface area contributed by atoms with Gasteiger partial charge in [-0.05, 0) is 25.0 Å². The molecule has 0 fully saturated rings. The van der Waals surface area contributed by atoms with Crippen molar-refractivity contribution in [2.45, 2.75) is 84.0 Å². The van der Waals surface area contributed by atoms with Crippen LogP contribution in [0.25, 0.3) is 5.69 Å². The number of nitrogens with zero attached hydrogens (tertiary/aromatic N) is 1. The lowest BCUT2D eigenvalue weighted by Gasteiger charge is -2.11. The second kappa shape index (κ2) is 11.1. The molecule has 0 spiro atoms. The zero-order chi connectivity index (χ0) is 17.0. The van der Waals surface area contributed by atoms with Crippen molar-refractivity contribution in [3.63, 3.8) is 0 Å². The van der Waals surface area contributed by atoms with Gasteiger partial charge in [0.1, 0.15) is 18.1 Å². The van der Waals surface area contributed by atoms with Gasteiger partial charge in [-0.3, -0.25) is 0 Å². The molecule has 132 valence electrons. The highest BCUT2D eigenvalue weighted by Crippen LogP contribution is 2.23. The van der Waals surface area contributed by atoms with Crippen molar-refractivity contribution in [3.8, 4) is 5.69 Å². The second-order valence-electron chi connectivity index (χ2n) is 6.92. The number of benzene rings is 1. The maximum atomic E-state index is 3.49. The van der Waals surface area contributed by atoms with Crippen LogP contribution in [-0.2, 0) is 0 Å². The molecule has 1 aromatic carbocycles. The molecule has 0 aliphatic rings. The first-order valence-electron chi connectivity index (χ1n) is 10.0. The first-order chi connectivity index (χ1) is 11.9. The summed E-state index contributed by atoms with van der Waals surface area (Å²) in [4.78, 5) is 3.49. The topological polar surface area (TPSA) is 19.7 Å². The molecule has 0 radical (unpaired) electrons. The summed E-state index contributed by atoms with van der Waals surface area (Å²) >= 11 is 0. The van der Waals surface area contributed by atoms with Gasteiger partial charge >= 0.3 is 0 Å². The van der Waals surface area contributed by atoms with Crippen LogP contribution in [0.15, 0.2) is 42.7 Å². The van der Waals surface area contributed by atoms with Gasteiger partial charge in [-0.2, -0.15) is 4.57 Å². The lowest BCUT2D eigenvalue weighted by atomic mass is 9.96. The van der Waals surface area contributed by atoms with Gasteiger partial charge in [-0.1, -0.05) is 83.4 Å². The number of hydrogen-bond donors (Lipinski definition) is 1. The Hall–Kier alpha value is -1.57. The Morgan fingerprint density at radius 3 is 2.21 bits per heavy atom. The fourth-order valence-corrected chi connectivity index (χ4v) is 3.53. The third-order valence-corrected chi connectivity index (χ3v) is 5.03. The minimum absolute atomic E-state index is 0.625. The normalized spacial score (nSPS) is 12.4. The summed E-state index contributed by atoms with van der Waals surface area (Å²) in [5, 5.41) is 0. The van der Waals surface area contributed by atoms with Gasteiger partial charge in [0.15, 0.2) is 0 Å². The summed E-state index contributed by atoms with van der Waals surface area (Å²) in [7, 11) is 0. The number of unbranched alkanes of at least 4 members (excludes halogenated alkanes) is 7. The van der Waals surface area contributed by atoms with Gasteiger partial charge < -0.3 is 0 Å². The number of H-pyrrole nitrogens is 1. The van der Waals surface area contributed by atoms with Gasteiger partial charge in [-0.25, -0.2) is 4.98 Å². The van der Waals surface area contributed by atoms with Crippen molar-refractivity contribution in [1.82, 2.24) is 4.98 Å². The predicted molar refractivity (Wildman–Crippen MR) is 103 cm³/mol. The Bertz CT molecular complexity index is 544. The van der Waals surface area contributed by atoms with E-state index in [0.717, 1.165) is 0 Å². The summed E-state index contributed by atoms with van der Waals surface area (Å²) < 4.78 is 2.32. The average Bonchev–Trinajstić information content (AvgIpc) is 3.11. The molecule has 0 unspecified atom stereocenters. The highest BCUT2D eigenvalue weighted by molar-refractivity contribution is 5.21. The highest BCUT2D eigenvalue weighted by Gasteiger charge is 2.22. The van der Waals surface area contributed by atoms with Gasteiger partial charge in [0.2, 0.25) is 0 Å². The van der Waals surface area contributed by atoms with Crippen molar-refractivity contribution < 1.29 is 4.57 Å². The quantitative estimate of drug-likeness (QED) is 0.348. The van der Waals surface area contributed by atoms with Crippen LogP contribution >= 0.6 is 0 Å². The van der Waals surface area contributed by atoms with Crippen LogP contribution < -0.4 is 4.57 Å². The smallest absolute Gasteiger partial charge is 0.247 e. The van der Waals surface area contributed by atoms with Crippen molar-refractivity contribution in [3.05, 3.63) is 48.5 Å². The van der Waals surface area contributed by atoms with Crippen molar-refractivity contribution in [2.24, 2.45) is 0 Å². The summed E-state index contributed by atoms with van der Waals surface area (Å²) in [6.45, 7) is 4.60. The van der Waals surface area contributed by atoms with Gasteiger partial charge in [0.05, 0.1) is 5.92 Å². The molecule has 2 rings (SSSR count). The van der Waals surface area contributed by atoms with E-state index in [1.54, 1.807) is 0 Å². The van der Waals surface area contributed by atoms with E-state index >= 15 is 0 Å². The first kappa shape index (κ1) is 18.8. The average molecular weight is 328 g/mol. The maximum Gasteiger partial charge on any atom is 0.262 e. The second-order valence-corrected chi connectivity index (χ2v) is 6.92. The maximum absolute atomic E-state index is 3.49. The van der Waals surface area contributed by atoms with E-state index in [0.29, 0.717) is 5.92 Å². The van der Waals surface area contributed by atoms with Crippen molar-refractivity contribution >= 4 is 0 Å². The molecule has 1 heterocycles. The van der Waals surface area contributed by atoms with E-state index in [2.05, 4.69) is 66.1 Å². The third kappa shape index (κ3) is 5.81. The van der Waals surface area contributed by atoms with E-state index in [1.165, 1.54) is 75.7 Å². The lowest BCUT2D eigenvalue weighted by Crippen LogP contribution is -2.34. The molecule has 1 aromatic heterocycles. The molecule has 0 aliphatic carbocycles. The molecule has 2 nitrogen and oxygen atoms in total. The molecule has 2 heteroatoms. The van der Waals surface area contributed by atoms with Crippen LogP contribution in [0.4, 0.5) is 0 Å². The standard InChI is InChI=1S/C22H34N2/c1-3-5-6-7-8-9-10-12-15-20(4-2)22-23-18-19-24(22)21-16-13-11-14-17-21/h11,13-14,16-20H,3-10,12,15H2,1-2H3/p+1/t20-/m0/s1. The minimum atomic E-state index is 0.625. The van der Waals surface area contributed by atoms with E-state index in [4.69, 9.17) is 0 Å². The number of hydrogen-bond acceptors (Lipinski definition) is 0. The van der Waals surface area contributed by atoms with E-state index < -0.39 is 0 Å². The highest BCUT2D eigenvalue weighted by atomic mass is 15.1. The van der Waals surface area contributed by atoms with Gasteiger partial charge in [0, 0.05) is 0 Å². The largest absolute Gasteiger partial charge is 0.262 e. The van der Waals surface area contributed by atoms with Crippen LogP contribution in [0.3, 0.4) is 0 Å². The Kier molecular flexibility index (Phi) is 8.65. The summed E-state index contributed by atoms with van der Waals surface area (Å²) in [5.41, 5.74) is 1.25. The number of nitrogens with one attached hydrogen (secondary N) is 1. The Morgan fingerprint density at radius 2 is 1.54 bits per heavy atom. The predicted octanol–water partition coefficient (Wildman–Crippen LogP) is 6.32. The van der Waals surface area contributed by atoms with Crippen LogP contribution in [0, 0.1) is 0 Å². The van der Waals surface area contributed by atoms with Crippen molar-refractivity contribution in [2.75, 3.05) is 0 Å². The minimum Gasteiger partial charge on any atom is -0.247 e.